The highest BCUT2D eigenvalue weighted by molar-refractivity contribution is 5.95. The number of carbonyl (C=O) groups is 1. The summed E-state index contributed by atoms with van der Waals surface area (Å²) in [7, 11) is 3.95. The maximum absolute atomic E-state index is 12.6. The van der Waals surface area contributed by atoms with Crippen LogP contribution in [0, 0.1) is 0 Å². The average molecular weight is 453 g/mol. The van der Waals surface area contributed by atoms with Gasteiger partial charge in [0.25, 0.3) is 5.91 Å². The van der Waals surface area contributed by atoms with E-state index < -0.39 is 0 Å². The number of nitrogens with zero attached hydrogens (tertiary/aromatic N) is 2. The number of nitrogens with one attached hydrogen (secondary N) is 1. The van der Waals surface area contributed by atoms with Crippen molar-refractivity contribution in [1.29, 1.82) is 0 Å². The number of ether oxygens (including phenoxy) is 1. The van der Waals surface area contributed by atoms with Crippen molar-refractivity contribution in [3.63, 3.8) is 0 Å². The van der Waals surface area contributed by atoms with Crippen molar-refractivity contribution in [3.05, 3.63) is 96.7 Å². The molecule has 0 aliphatic rings. The topological polar surface area (TPSA) is 80.5 Å². The normalized spacial score (nSPS) is 10.8. The number of hydrogen-bond donors (Lipinski definition) is 2. The molecule has 0 aliphatic carbocycles. The van der Waals surface area contributed by atoms with Crippen molar-refractivity contribution in [2.75, 3.05) is 32.9 Å². The molecule has 1 heterocycles. The first-order chi connectivity index (χ1) is 16.5. The molecular formula is C28H28N4O2. The fraction of sp³-hybridized carbons (Fsp3) is 0.143. The Morgan fingerprint density at radius 2 is 1.62 bits per heavy atom. The van der Waals surface area contributed by atoms with Crippen molar-refractivity contribution in [2.24, 2.45) is 0 Å². The molecule has 34 heavy (non-hydrogen) atoms. The molecule has 0 atom stereocenters. The third kappa shape index (κ3) is 5.79. The van der Waals surface area contributed by atoms with E-state index in [1.807, 2.05) is 104 Å². The third-order valence-electron chi connectivity index (χ3n) is 5.35. The minimum absolute atomic E-state index is 0.0990. The van der Waals surface area contributed by atoms with Crippen LogP contribution >= 0.6 is 0 Å². The van der Waals surface area contributed by atoms with Crippen LogP contribution in [-0.4, -0.2) is 43.0 Å². The summed E-state index contributed by atoms with van der Waals surface area (Å²) in [5, 5.41) is 2.95. The Balaban J connectivity index is 1.58. The molecule has 0 spiro atoms. The quantitative estimate of drug-likeness (QED) is 0.390. The third-order valence-corrected chi connectivity index (χ3v) is 5.35. The molecule has 0 radical (unpaired) electrons. The molecule has 4 aromatic rings. The predicted octanol–water partition coefficient (Wildman–Crippen LogP) is 5.08. The van der Waals surface area contributed by atoms with E-state index in [9.17, 15) is 4.79 Å². The maximum atomic E-state index is 12.6. The Morgan fingerprint density at radius 3 is 2.41 bits per heavy atom. The Kier molecular flexibility index (Phi) is 7.20. The minimum Gasteiger partial charge on any atom is -0.457 e. The molecule has 0 fully saturated rings. The molecule has 0 aliphatic heterocycles. The van der Waals surface area contributed by atoms with Gasteiger partial charge in [0.1, 0.15) is 17.3 Å². The zero-order valence-electron chi connectivity index (χ0n) is 19.4. The van der Waals surface area contributed by atoms with Gasteiger partial charge in [-0.05, 0) is 67.7 Å². The van der Waals surface area contributed by atoms with Gasteiger partial charge in [-0.15, -0.1) is 0 Å². The number of pyridine rings is 1. The zero-order chi connectivity index (χ0) is 23.9. The first-order valence-electron chi connectivity index (χ1n) is 11.1. The van der Waals surface area contributed by atoms with Crippen molar-refractivity contribution < 1.29 is 9.53 Å². The molecule has 0 bridgehead atoms. The summed E-state index contributed by atoms with van der Waals surface area (Å²) in [5.41, 5.74) is 10.3. The summed E-state index contributed by atoms with van der Waals surface area (Å²) in [5.74, 6) is 1.81. The van der Waals surface area contributed by atoms with Crippen LogP contribution in [0.5, 0.6) is 11.5 Å². The van der Waals surface area contributed by atoms with Crippen LogP contribution < -0.4 is 15.8 Å². The summed E-state index contributed by atoms with van der Waals surface area (Å²) in [4.78, 5) is 19.0. The maximum Gasteiger partial charge on any atom is 0.251 e. The monoisotopic (exact) mass is 452 g/mol. The van der Waals surface area contributed by atoms with Gasteiger partial charge in [0.05, 0.1) is 0 Å². The van der Waals surface area contributed by atoms with E-state index in [-0.39, 0.29) is 5.91 Å². The molecule has 6 nitrogen and oxygen atoms in total. The average Bonchev–Trinajstić information content (AvgIpc) is 2.85. The van der Waals surface area contributed by atoms with Gasteiger partial charge in [-0.1, -0.05) is 42.5 Å². The summed E-state index contributed by atoms with van der Waals surface area (Å²) in [6, 6.07) is 26.9. The number of likely N-dealkylation sites (N-methyl/N-ethyl adjacent to an activating group) is 1. The van der Waals surface area contributed by atoms with Gasteiger partial charge < -0.3 is 20.7 Å². The lowest BCUT2D eigenvalue weighted by Gasteiger charge is -2.12. The predicted molar refractivity (Wildman–Crippen MR) is 137 cm³/mol. The first kappa shape index (κ1) is 23.0. The van der Waals surface area contributed by atoms with Crippen molar-refractivity contribution in [1.82, 2.24) is 15.2 Å². The molecule has 0 saturated heterocycles. The smallest absolute Gasteiger partial charge is 0.251 e. The van der Waals surface area contributed by atoms with Gasteiger partial charge in [0.15, 0.2) is 0 Å². The fourth-order valence-electron chi connectivity index (χ4n) is 3.55. The highest BCUT2D eigenvalue weighted by Gasteiger charge is 2.11. The number of amides is 1. The van der Waals surface area contributed by atoms with E-state index in [0.29, 0.717) is 23.7 Å². The van der Waals surface area contributed by atoms with Gasteiger partial charge in [-0.25, -0.2) is 4.98 Å². The highest BCUT2D eigenvalue weighted by Crippen LogP contribution is 2.33. The number of aromatic nitrogens is 1. The van der Waals surface area contributed by atoms with E-state index >= 15 is 0 Å². The number of para-hydroxylation sites is 1. The van der Waals surface area contributed by atoms with Crippen molar-refractivity contribution >= 4 is 11.7 Å². The van der Waals surface area contributed by atoms with Crippen molar-refractivity contribution in [2.45, 2.75) is 0 Å². The van der Waals surface area contributed by atoms with Crippen LogP contribution in [0.2, 0.25) is 0 Å². The molecular weight excluding hydrogens is 424 g/mol. The van der Waals surface area contributed by atoms with E-state index in [0.717, 1.165) is 34.5 Å². The number of nitrogen functional groups attached to an aromatic ring is 1. The Bertz CT molecular complexity index is 1270. The van der Waals surface area contributed by atoms with Gasteiger partial charge in [0.2, 0.25) is 0 Å². The molecule has 6 heteroatoms. The highest BCUT2D eigenvalue weighted by atomic mass is 16.5. The van der Waals surface area contributed by atoms with Gasteiger partial charge in [-0.3, -0.25) is 4.79 Å². The Hall–Kier alpha value is -4.16. The number of carbonyl (C=O) groups excluding carboxylic acids is 1. The van der Waals surface area contributed by atoms with Crippen LogP contribution in [0.25, 0.3) is 22.3 Å². The molecule has 3 N–H and O–H groups in total. The summed E-state index contributed by atoms with van der Waals surface area (Å²) in [6.45, 7) is 1.37. The number of hydrogen-bond acceptors (Lipinski definition) is 5. The first-order valence-corrected chi connectivity index (χ1v) is 11.1. The second-order valence-corrected chi connectivity index (χ2v) is 8.24. The summed E-state index contributed by atoms with van der Waals surface area (Å²) >= 11 is 0. The Morgan fingerprint density at radius 1 is 0.882 bits per heavy atom. The largest absolute Gasteiger partial charge is 0.457 e. The van der Waals surface area contributed by atoms with E-state index in [1.165, 1.54) is 0 Å². The second kappa shape index (κ2) is 10.6. The summed E-state index contributed by atoms with van der Waals surface area (Å²) in [6.07, 6.45) is 1.73. The molecule has 0 saturated carbocycles. The standard InChI is InChI=1S/C28H28N4O2/c1-32(2)15-14-30-28(33)22-10-6-8-20(16-22)23-18-26(27(29)31-19-23)21-9-7-13-25(17-21)34-24-11-4-3-5-12-24/h3-13,16-19H,14-15H2,1-2H3,(H2,29,31)(H,30,33). The van der Waals surface area contributed by atoms with E-state index in [1.54, 1.807) is 6.20 Å². The van der Waals surface area contributed by atoms with Gasteiger partial charge in [0, 0.05) is 36.0 Å². The lowest BCUT2D eigenvalue weighted by molar-refractivity contribution is 0.0951. The lowest BCUT2D eigenvalue weighted by Crippen LogP contribution is -2.31. The molecule has 4 rings (SSSR count). The SMILES string of the molecule is CN(C)CCNC(=O)c1cccc(-c2cnc(N)c(-c3cccc(Oc4ccccc4)c3)c2)c1. The van der Waals surface area contributed by atoms with Gasteiger partial charge >= 0.3 is 0 Å². The van der Waals surface area contributed by atoms with Crippen LogP contribution in [0.4, 0.5) is 5.82 Å². The zero-order valence-corrected chi connectivity index (χ0v) is 19.4. The molecule has 3 aromatic carbocycles. The molecule has 1 aromatic heterocycles. The second-order valence-electron chi connectivity index (χ2n) is 8.24. The van der Waals surface area contributed by atoms with Crippen LogP contribution in [0.1, 0.15) is 10.4 Å². The van der Waals surface area contributed by atoms with Crippen LogP contribution in [0.3, 0.4) is 0 Å². The number of benzene rings is 3. The van der Waals surface area contributed by atoms with Crippen LogP contribution in [-0.2, 0) is 0 Å². The van der Waals surface area contributed by atoms with Crippen LogP contribution in [0.15, 0.2) is 91.1 Å². The minimum atomic E-state index is -0.0990. The number of anilines is 1. The van der Waals surface area contributed by atoms with E-state index in [2.05, 4.69) is 10.3 Å². The number of nitrogens with two attached hydrogens (primary N) is 1. The molecule has 0 unspecified atom stereocenters. The summed E-state index contributed by atoms with van der Waals surface area (Å²) < 4.78 is 5.98. The van der Waals surface area contributed by atoms with Crippen molar-refractivity contribution in [3.8, 4) is 33.8 Å². The van der Waals surface area contributed by atoms with Gasteiger partial charge in [-0.2, -0.15) is 0 Å². The lowest BCUT2D eigenvalue weighted by atomic mass is 9.99. The fourth-order valence-corrected chi connectivity index (χ4v) is 3.55. The Labute approximate surface area is 200 Å². The molecule has 1 amide bonds. The van der Waals surface area contributed by atoms with E-state index in [4.69, 9.17) is 10.5 Å². The molecule has 172 valence electrons. The number of rotatable bonds is 8.